The molecule has 0 aliphatic rings. The van der Waals surface area contributed by atoms with Crippen LogP contribution in [0.2, 0.25) is 0 Å². The van der Waals surface area contributed by atoms with Crippen molar-refractivity contribution >= 4 is 33.9 Å². The second-order valence-electron chi connectivity index (χ2n) is 3.74. The summed E-state index contributed by atoms with van der Waals surface area (Å²) in [6, 6.07) is 5.74. The third kappa shape index (κ3) is 1.87. The van der Waals surface area contributed by atoms with E-state index in [2.05, 4.69) is 22.4 Å². The highest BCUT2D eigenvalue weighted by atomic mass is 32.1. The van der Waals surface area contributed by atoms with Gasteiger partial charge in [0.1, 0.15) is 0 Å². The predicted octanol–water partition coefficient (Wildman–Crippen LogP) is 2.52. The van der Waals surface area contributed by atoms with Crippen LogP contribution in [0.3, 0.4) is 0 Å². The number of benzene rings is 1. The summed E-state index contributed by atoms with van der Waals surface area (Å²) < 4.78 is 1.67. The molecule has 0 amide bonds. The molecular weight excluding hydrogens is 236 g/mol. The van der Waals surface area contributed by atoms with E-state index in [0.29, 0.717) is 5.69 Å². The van der Waals surface area contributed by atoms with Crippen LogP contribution < -0.4 is 5.73 Å². The number of thiocarbonyl (C=S) groups is 1. The molecule has 3 N–H and O–H groups in total. The average molecular weight is 248 g/mol. The van der Waals surface area contributed by atoms with Crippen LogP contribution in [0.4, 0.5) is 5.69 Å². The summed E-state index contributed by atoms with van der Waals surface area (Å²) in [6.07, 6.45) is 0. The Hall–Kier alpha value is -1.95. The summed E-state index contributed by atoms with van der Waals surface area (Å²) in [6.45, 7) is 1.97. The van der Waals surface area contributed by atoms with Crippen LogP contribution in [0.15, 0.2) is 28.4 Å². The van der Waals surface area contributed by atoms with E-state index in [9.17, 15) is 5.11 Å². The van der Waals surface area contributed by atoms with Crippen molar-refractivity contribution in [3.8, 4) is 5.88 Å². The third-order valence-electron chi connectivity index (χ3n) is 2.61. The van der Waals surface area contributed by atoms with Crippen LogP contribution in [0.1, 0.15) is 5.56 Å². The van der Waals surface area contributed by atoms with Gasteiger partial charge in [0.05, 0.1) is 5.52 Å². The molecule has 5 nitrogen and oxygen atoms in total. The summed E-state index contributed by atoms with van der Waals surface area (Å²) in [4.78, 5) is 0. The van der Waals surface area contributed by atoms with Gasteiger partial charge in [0.2, 0.25) is 11.0 Å². The number of nitrogens with zero attached hydrogens (tertiary/aromatic N) is 3. The van der Waals surface area contributed by atoms with Gasteiger partial charge in [-0.05, 0) is 24.7 Å². The van der Waals surface area contributed by atoms with E-state index in [0.717, 1.165) is 16.5 Å². The van der Waals surface area contributed by atoms with Crippen molar-refractivity contribution in [1.29, 1.82) is 0 Å². The Morgan fingerprint density at radius 2 is 2.18 bits per heavy atom. The largest absolute Gasteiger partial charge is 0.493 e. The van der Waals surface area contributed by atoms with E-state index in [1.807, 2.05) is 25.1 Å². The molecule has 2 rings (SSSR count). The van der Waals surface area contributed by atoms with E-state index in [1.165, 1.54) is 0 Å². The minimum atomic E-state index is -0.0611. The zero-order valence-electron chi connectivity index (χ0n) is 9.51. The number of aromatic hydroxyl groups is 1. The van der Waals surface area contributed by atoms with Gasteiger partial charge >= 0.3 is 0 Å². The first-order valence-corrected chi connectivity index (χ1v) is 5.41. The summed E-state index contributed by atoms with van der Waals surface area (Å²) in [5.41, 5.74) is 7.61. The SMILES string of the molecule is Cc1cccc2c(N=NC(N)=S)c(O)n(C)c12. The number of aryl methyl sites for hydroxylation is 2. The lowest BCUT2D eigenvalue weighted by molar-refractivity contribution is 0.436. The van der Waals surface area contributed by atoms with Gasteiger partial charge in [0.15, 0.2) is 5.69 Å². The number of nitrogens with two attached hydrogens (primary N) is 1. The molecule has 0 aliphatic heterocycles. The first-order valence-electron chi connectivity index (χ1n) is 5.00. The van der Waals surface area contributed by atoms with Crippen molar-refractivity contribution in [2.45, 2.75) is 6.92 Å². The van der Waals surface area contributed by atoms with Crippen molar-refractivity contribution in [3.63, 3.8) is 0 Å². The van der Waals surface area contributed by atoms with Crippen molar-refractivity contribution in [3.05, 3.63) is 23.8 Å². The maximum absolute atomic E-state index is 9.98. The highest BCUT2D eigenvalue weighted by molar-refractivity contribution is 7.80. The Morgan fingerprint density at radius 3 is 2.82 bits per heavy atom. The van der Waals surface area contributed by atoms with Gasteiger partial charge in [-0.3, -0.25) is 0 Å². The van der Waals surface area contributed by atoms with Crippen molar-refractivity contribution < 1.29 is 5.11 Å². The Balaban J connectivity index is 2.76. The Labute approximate surface area is 104 Å². The first kappa shape index (κ1) is 11.5. The number of rotatable bonds is 1. The molecule has 0 saturated carbocycles. The number of hydrogen-bond acceptors (Lipinski definition) is 3. The molecule has 88 valence electrons. The van der Waals surface area contributed by atoms with Crippen molar-refractivity contribution in [2.24, 2.45) is 23.0 Å². The maximum Gasteiger partial charge on any atom is 0.220 e. The molecule has 17 heavy (non-hydrogen) atoms. The lowest BCUT2D eigenvalue weighted by Crippen LogP contribution is -2.01. The van der Waals surface area contributed by atoms with Crippen molar-refractivity contribution in [2.75, 3.05) is 0 Å². The zero-order valence-corrected chi connectivity index (χ0v) is 10.3. The summed E-state index contributed by atoms with van der Waals surface area (Å²) in [5.74, 6) is 0.0503. The molecule has 0 fully saturated rings. The molecule has 6 heteroatoms. The van der Waals surface area contributed by atoms with Gasteiger partial charge in [-0.25, -0.2) is 0 Å². The second kappa shape index (κ2) is 4.14. The molecule has 1 heterocycles. The van der Waals surface area contributed by atoms with Gasteiger partial charge in [-0.1, -0.05) is 18.2 Å². The van der Waals surface area contributed by atoms with Gasteiger partial charge in [0, 0.05) is 12.4 Å². The van der Waals surface area contributed by atoms with Gasteiger partial charge < -0.3 is 15.4 Å². The molecule has 0 aliphatic carbocycles. The minimum Gasteiger partial charge on any atom is -0.493 e. The number of fused-ring (bicyclic) bond motifs is 1. The molecule has 0 unspecified atom stereocenters. The highest BCUT2D eigenvalue weighted by Crippen LogP contribution is 2.39. The van der Waals surface area contributed by atoms with Crippen molar-refractivity contribution in [1.82, 2.24) is 4.57 Å². The second-order valence-corrected chi connectivity index (χ2v) is 4.16. The molecule has 0 bridgehead atoms. The fraction of sp³-hybridized carbons (Fsp3) is 0.182. The van der Waals surface area contributed by atoms with E-state index in [4.69, 9.17) is 5.73 Å². The smallest absolute Gasteiger partial charge is 0.220 e. The molecule has 1 aromatic carbocycles. The number of hydrogen-bond donors (Lipinski definition) is 2. The fourth-order valence-electron chi connectivity index (χ4n) is 1.88. The van der Waals surface area contributed by atoms with E-state index in [-0.39, 0.29) is 11.0 Å². The molecule has 0 radical (unpaired) electrons. The van der Waals surface area contributed by atoms with Gasteiger partial charge in [-0.15, -0.1) is 10.2 Å². The van der Waals surface area contributed by atoms with Gasteiger partial charge in [0.25, 0.3) is 0 Å². The monoisotopic (exact) mass is 248 g/mol. The lowest BCUT2D eigenvalue weighted by atomic mass is 10.1. The topological polar surface area (TPSA) is 75.9 Å². The highest BCUT2D eigenvalue weighted by Gasteiger charge is 2.15. The lowest BCUT2D eigenvalue weighted by Gasteiger charge is -1.99. The van der Waals surface area contributed by atoms with Crippen LogP contribution in [0.25, 0.3) is 10.9 Å². The van der Waals surface area contributed by atoms with Gasteiger partial charge in [-0.2, -0.15) is 0 Å². The number of para-hydroxylation sites is 1. The molecular formula is C11H12N4OS. The van der Waals surface area contributed by atoms with E-state index >= 15 is 0 Å². The summed E-state index contributed by atoms with van der Waals surface area (Å²) in [7, 11) is 1.77. The van der Waals surface area contributed by atoms with E-state index < -0.39 is 0 Å². The fourth-order valence-corrected chi connectivity index (χ4v) is 1.92. The molecule has 2 aromatic rings. The molecule has 0 atom stereocenters. The minimum absolute atomic E-state index is 0.0503. The zero-order chi connectivity index (χ0) is 12.6. The van der Waals surface area contributed by atoms with E-state index in [1.54, 1.807) is 11.6 Å². The number of aromatic nitrogens is 1. The van der Waals surface area contributed by atoms with Crippen LogP contribution >= 0.6 is 12.2 Å². The standard InChI is InChI=1S/C11H12N4OS/c1-6-4-3-5-7-8(13-14-11(12)17)10(16)15(2)9(6)7/h3-5,16H,1-2H3,(H2,12,17). The van der Waals surface area contributed by atoms with Crippen LogP contribution in [0.5, 0.6) is 5.88 Å². The third-order valence-corrected chi connectivity index (χ3v) is 2.69. The molecule has 0 spiro atoms. The first-order chi connectivity index (χ1) is 8.02. The van der Waals surface area contributed by atoms with Crippen LogP contribution in [-0.4, -0.2) is 14.8 Å². The molecule has 0 saturated heterocycles. The van der Waals surface area contributed by atoms with Crippen LogP contribution in [-0.2, 0) is 7.05 Å². The molecule has 1 aromatic heterocycles. The van der Waals surface area contributed by atoms with Crippen LogP contribution in [0, 0.1) is 6.92 Å². The Bertz CT molecular complexity index is 630. The Morgan fingerprint density at radius 1 is 1.47 bits per heavy atom. The average Bonchev–Trinajstić information content (AvgIpc) is 2.51. The summed E-state index contributed by atoms with van der Waals surface area (Å²) in [5, 5.41) is 18.2. The summed E-state index contributed by atoms with van der Waals surface area (Å²) >= 11 is 4.62. The normalized spacial score (nSPS) is 11.4. The quantitative estimate of drug-likeness (QED) is 0.601. The number of azo groups is 1. The predicted molar refractivity (Wildman–Crippen MR) is 70.6 cm³/mol. The maximum atomic E-state index is 9.98. The Kier molecular flexibility index (Phi) is 2.81.